The van der Waals surface area contributed by atoms with E-state index in [1.165, 1.54) is 18.3 Å². The fourth-order valence-electron chi connectivity index (χ4n) is 2.57. The molecule has 1 N–H and O–H groups in total. The average molecular weight is 354 g/mol. The molecule has 0 spiro atoms. The maximum absolute atomic E-state index is 12.3. The van der Waals surface area contributed by atoms with E-state index in [2.05, 4.69) is 15.4 Å². The predicted octanol–water partition coefficient (Wildman–Crippen LogP) is 3.33. The van der Waals surface area contributed by atoms with Gasteiger partial charge in [-0.05, 0) is 26.0 Å². The second kappa shape index (κ2) is 6.98. The van der Waals surface area contributed by atoms with Crippen LogP contribution in [0.1, 0.15) is 34.4 Å². The molecule has 1 aromatic carbocycles. The number of nitrogens with zero attached hydrogens (tertiary/aromatic N) is 3. The van der Waals surface area contributed by atoms with Crippen LogP contribution in [0.5, 0.6) is 0 Å². The lowest BCUT2D eigenvalue weighted by molar-refractivity contribution is -0.115. The van der Waals surface area contributed by atoms with Gasteiger partial charge in [-0.3, -0.25) is 9.59 Å². The molecule has 0 saturated carbocycles. The molecule has 0 aliphatic carbocycles. The van der Waals surface area contributed by atoms with Gasteiger partial charge in [0.05, 0.1) is 17.8 Å². The smallest absolute Gasteiger partial charge is 0.230 e. The molecule has 1 amide bonds. The monoisotopic (exact) mass is 354 g/mol. The Bertz CT molecular complexity index is 928. The summed E-state index contributed by atoms with van der Waals surface area (Å²) in [6.45, 7) is 5.30. The second-order valence-corrected chi connectivity index (χ2v) is 6.57. The first-order valence-corrected chi connectivity index (χ1v) is 8.70. The normalized spacial score (nSPS) is 10.7. The number of nitrogens with one attached hydrogen (secondary N) is 1. The first kappa shape index (κ1) is 17.0. The largest absolute Gasteiger partial charge is 0.302 e. The van der Waals surface area contributed by atoms with Crippen molar-refractivity contribution in [1.29, 1.82) is 0 Å². The zero-order valence-corrected chi connectivity index (χ0v) is 15.1. The fraction of sp³-hybridized carbons (Fsp3) is 0.222. The molecule has 0 fully saturated rings. The van der Waals surface area contributed by atoms with Crippen LogP contribution in [0.25, 0.3) is 5.69 Å². The van der Waals surface area contributed by atoms with Crippen molar-refractivity contribution in [3.63, 3.8) is 0 Å². The molecule has 0 saturated heterocycles. The molecule has 2 heterocycles. The third-order valence-corrected chi connectivity index (χ3v) is 4.65. The zero-order valence-electron chi connectivity index (χ0n) is 14.2. The lowest BCUT2D eigenvalue weighted by Gasteiger charge is -2.05. The summed E-state index contributed by atoms with van der Waals surface area (Å²) in [5.74, 6) is -0.296. The molecule has 0 atom stereocenters. The minimum atomic E-state index is -0.178. The minimum Gasteiger partial charge on any atom is -0.302 e. The molecule has 0 unspecified atom stereocenters. The molecule has 6 nitrogen and oxygen atoms in total. The molecule has 128 valence electrons. The van der Waals surface area contributed by atoms with Gasteiger partial charge in [0.2, 0.25) is 5.91 Å². The van der Waals surface area contributed by atoms with Crippen LogP contribution in [0.3, 0.4) is 0 Å². The number of anilines is 1. The van der Waals surface area contributed by atoms with E-state index in [0.29, 0.717) is 10.8 Å². The molecule has 25 heavy (non-hydrogen) atoms. The van der Waals surface area contributed by atoms with Gasteiger partial charge in [-0.25, -0.2) is 9.67 Å². The number of hydrogen-bond donors (Lipinski definition) is 1. The van der Waals surface area contributed by atoms with Crippen LogP contribution in [0.2, 0.25) is 0 Å². The number of ketones is 1. The first-order chi connectivity index (χ1) is 12.0. The summed E-state index contributed by atoms with van der Waals surface area (Å²) in [6, 6.07) is 9.80. The highest BCUT2D eigenvalue weighted by molar-refractivity contribution is 7.14. The van der Waals surface area contributed by atoms with Crippen molar-refractivity contribution < 1.29 is 9.59 Å². The van der Waals surface area contributed by atoms with Crippen LogP contribution in [0, 0.1) is 13.8 Å². The predicted molar refractivity (Wildman–Crippen MR) is 97.5 cm³/mol. The Kier molecular flexibility index (Phi) is 4.76. The lowest BCUT2D eigenvalue weighted by Crippen LogP contribution is -2.15. The Balaban J connectivity index is 1.77. The Morgan fingerprint density at radius 2 is 1.92 bits per heavy atom. The van der Waals surface area contributed by atoms with E-state index < -0.39 is 0 Å². The van der Waals surface area contributed by atoms with E-state index in [0.717, 1.165) is 22.6 Å². The van der Waals surface area contributed by atoms with Crippen molar-refractivity contribution in [2.45, 2.75) is 27.2 Å². The third kappa shape index (κ3) is 3.66. The van der Waals surface area contributed by atoms with Crippen LogP contribution in [-0.2, 0) is 11.2 Å². The Morgan fingerprint density at radius 1 is 1.20 bits per heavy atom. The number of carbonyl (C=O) groups excluding carboxylic acids is 2. The average Bonchev–Trinajstić information content (AvgIpc) is 3.16. The Hall–Kier alpha value is -2.80. The topological polar surface area (TPSA) is 76.9 Å². The molecule has 0 radical (unpaired) electrons. The summed E-state index contributed by atoms with van der Waals surface area (Å²) in [5.41, 5.74) is 3.97. The Morgan fingerprint density at radius 3 is 2.56 bits per heavy atom. The van der Waals surface area contributed by atoms with Crippen molar-refractivity contribution in [2.75, 3.05) is 5.32 Å². The van der Waals surface area contributed by atoms with Gasteiger partial charge >= 0.3 is 0 Å². The van der Waals surface area contributed by atoms with Gasteiger partial charge in [0, 0.05) is 23.6 Å². The fourth-order valence-corrected chi connectivity index (χ4v) is 3.33. The van der Waals surface area contributed by atoms with E-state index in [4.69, 9.17) is 0 Å². The third-order valence-electron chi connectivity index (χ3n) is 3.89. The summed E-state index contributed by atoms with van der Waals surface area (Å²) in [7, 11) is 0. The zero-order chi connectivity index (χ0) is 18.0. The number of benzene rings is 1. The summed E-state index contributed by atoms with van der Waals surface area (Å²) in [5, 5.41) is 9.37. The molecule has 2 aromatic heterocycles. The van der Waals surface area contributed by atoms with Gasteiger partial charge in [0.15, 0.2) is 10.9 Å². The van der Waals surface area contributed by atoms with Crippen LogP contribution in [0.4, 0.5) is 5.13 Å². The number of amides is 1. The summed E-state index contributed by atoms with van der Waals surface area (Å²) in [6.07, 6.45) is 0.208. The summed E-state index contributed by atoms with van der Waals surface area (Å²) < 4.78 is 1.84. The minimum absolute atomic E-state index is 0.118. The van der Waals surface area contributed by atoms with Crippen molar-refractivity contribution in [3.8, 4) is 5.69 Å². The number of Topliss-reactive ketones (excluding diaryl/α,β-unsaturated/α-hetero) is 1. The van der Waals surface area contributed by atoms with Crippen molar-refractivity contribution in [3.05, 3.63) is 58.4 Å². The van der Waals surface area contributed by atoms with Gasteiger partial charge in [-0.2, -0.15) is 5.10 Å². The van der Waals surface area contributed by atoms with E-state index in [1.54, 1.807) is 5.38 Å². The second-order valence-electron chi connectivity index (χ2n) is 5.72. The van der Waals surface area contributed by atoms with Gasteiger partial charge in [-0.15, -0.1) is 11.3 Å². The van der Waals surface area contributed by atoms with E-state index >= 15 is 0 Å². The van der Waals surface area contributed by atoms with E-state index in [9.17, 15) is 9.59 Å². The van der Waals surface area contributed by atoms with Gasteiger partial charge < -0.3 is 5.32 Å². The van der Waals surface area contributed by atoms with E-state index in [1.807, 2.05) is 48.9 Å². The molecule has 7 heteroatoms. The standard InChI is InChI=1S/C18H18N4O2S/c1-11-15(12(2)22(21-11)14-7-5-4-6-8-14)9-17(24)20-18-19-16(10-25-18)13(3)23/h4-8,10H,9H2,1-3H3,(H,19,20,24). The quantitative estimate of drug-likeness (QED) is 0.713. The number of aromatic nitrogens is 3. The van der Waals surface area contributed by atoms with Crippen molar-refractivity contribution >= 4 is 28.2 Å². The van der Waals surface area contributed by atoms with Crippen LogP contribution in [-0.4, -0.2) is 26.5 Å². The molecular weight excluding hydrogens is 336 g/mol. The SMILES string of the molecule is CC(=O)c1csc(NC(=O)Cc2c(C)nn(-c3ccccc3)c2C)n1. The summed E-state index contributed by atoms with van der Waals surface area (Å²) in [4.78, 5) is 27.7. The number of carbonyl (C=O) groups is 2. The number of rotatable bonds is 5. The molecular formula is C18H18N4O2S. The van der Waals surface area contributed by atoms with Gasteiger partial charge in [-0.1, -0.05) is 18.2 Å². The number of thiazole rings is 1. The number of aryl methyl sites for hydroxylation is 1. The number of hydrogen-bond acceptors (Lipinski definition) is 5. The highest BCUT2D eigenvalue weighted by atomic mass is 32.1. The van der Waals surface area contributed by atoms with Crippen LogP contribution in [0.15, 0.2) is 35.7 Å². The molecule has 0 aliphatic heterocycles. The lowest BCUT2D eigenvalue weighted by atomic mass is 10.1. The highest BCUT2D eigenvalue weighted by Crippen LogP contribution is 2.20. The first-order valence-electron chi connectivity index (χ1n) is 7.82. The van der Waals surface area contributed by atoms with Crippen LogP contribution >= 0.6 is 11.3 Å². The van der Waals surface area contributed by atoms with Crippen LogP contribution < -0.4 is 5.32 Å². The Labute approximate surface area is 149 Å². The molecule has 0 bridgehead atoms. The molecule has 0 aliphatic rings. The van der Waals surface area contributed by atoms with E-state index in [-0.39, 0.29) is 18.1 Å². The maximum atomic E-state index is 12.3. The molecule has 3 aromatic rings. The van der Waals surface area contributed by atoms with Crippen molar-refractivity contribution in [1.82, 2.24) is 14.8 Å². The number of para-hydroxylation sites is 1. The maximum Gasteiger partial charge on any atom is 0.230 e. The summed E-state index contributed by atoms with van der Waals surface area (Å²) >= 11 is 1.24. The molecule has 3 rings (SSSR count). The highest BCUT2D eigenvalue weighted by Gasteiger charge is 2.17. The van der Waals surface area contributed by atoms with Gasteiger partial charge in [0.25, 0.3) is 0 Å². The van der Waals surface area contributed by atoms with Gasteiger partial charge in [0.1, 0.15) is 5.69 Å². The van der Waals surface area contributed by atoms with Crippen molar-refractivity contribution in [2.24, 2.45) is 0 Å².